The van der Waals surface area contributed by atoms with Crippen molar-refractivity contribution in [1.29, 1.82) is 0 Å². The molecule has 24 heavy (non-hydrogen) atoms. The molecule has 0 radical (unpaired) electrons. The smallest absolute Gasteiger partial charge is 0.141 e. The lowest BCUT2D eigenvalue weighted by Gasteiger charge is -2.10. The van der Waals surface area contributed by atoms with Crippen molar-refractivity contribution < 1.29 is 0 Å². The summed E-state index contributed by atoms with van der Waals surface area (Å²) < 4.78 is 2.18. The van der Waals surface area contributed by atoms with Crippen LogP contribution in [0.25, 0.3) is 22.4 Å². The number of fused-ring (bicyclic) bond motifs is 1. The second kappa shape index (κ2) is 6.31. The van der Waals surface area contributed by atoms with Crippen LogP contribution >= 0.6 is 23.2 Å². The van der Waals surface area contributed by atoms with Gasteiger partial charge in [0.1, 0.15) is 5.82 Å². The Hall–Kier alpha value is -2.29. The molecule has 0 aliphatic heterocycles. The zero-order valence-electron chi connectivity index (χ0n) is 12.8. The predicted octanol–water partition coefficient (Wildman–Crippen LogP) is 6.06. The molecule has 0 bridgehead atoms. The summed E-state index contributed by atoms with van der Waals surface area (Å²) in [6.45, 7) is 0.722. The second-order valence-corrected chi connectivity index (χ2v) is 6.44. The fraction of sp³-hybridized carbons (Fsp3) is 0.0500. The van der Waals surface area contributed by atoms with Crippen LogP contribution in [0.15, 0.2) is 72.8 Å². The second-order valence-electron chi connectivity index (χ2n) is 5.63. The van der Waals surface area contributed by atoms with Crippen LogP contribution in [-0.4, -0.2) is 9.55 Å². The van der Waals surface area contributed by atoms with Crippen LogP contribution in [0, 0.1) is 0 Å². The van der Waals surface area contributed by atoms with Crippen molar-refractivity contribution in [3.8, 4) is 11.4 Å². The van der Waals surface area contributed by atoms with Crippen LogP contribution in [0.1, 0.15) is 5.56 Å². The van der Waals surface area contributed by atoms with Gasteiger partial charge in [0, 0.05) is 12.1 Å². The summed E-state index contributed by atoms with van der Waals surface area (Å²) in [6.07, 6.45) is 0. The third kappa shape index (κ3) is 2.79. The van der Waals surface area contributed by atoms with E-state index in [-0.39, 0.29) is 0 Å². The van der Waals surface area contributed by atoms with Crippen LogP contribution in [0.3, 0.4) is 0 Å². The number of imidazole rings is 1. The molecule has 0 unspecified atom stereocenters. The lowest BCUT2D eigenvalue weighted by molar-refractivity contribution is 0.834. The number of aromatic nitrogens is 2. The molecule has 0 N–H and O–H groups in total. The average molecular weight is 353 g/mol. The zero-order valence-corrected chi connectivity index (χ0v) is 14.3. The molecule has 4 aromatic rings. The van der Waals surface area contributed by atoms with E-state index in [2.05, 4.69) is 28.8 Å². The van der Waals surface area contributed by atoms with E-state index in [0.717, 1.165) is 29.0 Å². The van der Waals surface area contributed by atoms with E-state index in [1.807, 2.05) is 48.5 Å². The third-order valence-electron chi connectivity index (χ3n) is 4.01. The number of benzene rings is 3. The molecule has 0 saturated heterocycles. The Balaban J connectivity index is 1.95. The predicted molar refractivity (Wildman–Crippen MR) is 101 cm³/mol. The van der Waals surface area contributed by atoms with Gasteiger partial charge >= 0.3 is 0 Å². The van der Waals surface area contributed by atoms with Crippen molar-refractivity contribution >= 4 is 34.2 Å². The average Bonchev–Trinajstić information content (AvgIpc) is 2.95. The molecule has 4 rings (SSSR count). The molecule has 0 amide bonds. The van der Waals surface area contributed by atoms with E-state index in [1.54, 1.807) is 0 Å². The molecule has 3 aromatic carbocycles. The maximum absolute atomic E-state index is 6.24. The first kappa shape index (κ1) is 15.3. The molecular formula is C20H14Cl2N2. The van der Waals surface area contributed by atoms with Crippen LogP contribution in [0.5, 0.6) is 0 Å². The molecule has 0 aliphatic rings. The van der Waals surface area contributed by atoms with Gasteiger partial charge in [0.25, 0.3) is 0 Å². The Kier molecular flexibility index (Phi) is 4.01. The summed E-state index contributed by atoms with van der Waals surface area (Å²) >= 11 is 12.4. The minimum absolute atomic E-state index is 0.521. The fourth-order valence-electron chi connectivity index (χ4n) is 2.85. The Labute approximate surface area is 150 Å². The number of nitrogens with zero attached hydrogens (tertiary/aromatic N) is 2. The van der Waals surface area contributed by atoms with Gasteiger partial charge in [-0.15, -0.1) is 0 Å². The van der Waals surface area contributed by atoms with Crippen molar-refractivity contribution in [2.75, 3.05) is 0 Å². The molecule has 2 nitrogen and oxygen atoms in total. The largest absolute Gasteiger partial charge is 0.319 e. The molecule has 4 heteroatoms. The van der Waals surface area contributed by atoms with Gasteiger partial charge in [-0.2, -0.15) is 0 Å². The first-order valence-corrected chi connectivity index (χ1v) is 8.42. The minimum atomic E-state index is 0.521. The van der Waals surface area contributed by atoms with Crippen molar-refractivity contribution in [2.24, 2.45) is 0 Å². The van der Waals surface area contributed by atoms with E-state index >= 15 is 0 Å². The van der Waals surface area contributed by atoms with Crippen LogP contribution < -0.4 is 0 Å². The highest BCUT2D eigenvalue weighted by Crippen LogP contribution is 2.31. The molecule has 0 aliphatic carbocycles. The van der Waals surface area contributed by atoms with Gasteiger partial charge < -0.3 is 4.57 Å². The van der Waals surface area contributed by atoms with E-state index in [0.29, 0.717) is 10.0 Å². The van der Waals surface area contributed by atoms with Gasteiger partial charge in [0.2, 0.25) is 0 Å². The van der Waals surface area contributed by atoms with Crippen molar-refractivity contribution in [1.82, 2.24) is 9.55 Å². The summed E-state index contributed by atoms with van der Waals surface area (Å²) in [7, 11) is 0. The lowest BCUT2D eigenvalue weighted by Crippen LogP contribution is -2.02. The summed E-state index contributed by atoms with van der Waals surface area (Å²) in [5.74, 6) is 0.910. The molecule has 118 valence electrons. The number of halogens is 2. The fourth-order valence-corrected chi connectivity index (χ4v) is 3.17. The normalized spacial score (nSPS) is 11.1. The monoisotopic (exact) mass is 352 g/mol. The Morgan fingerprint density at radius 2 is 1.42 bits per heavy atom. The Morgan fingerprint density at radius 3 is 2.12 bits per heavy atom. The summed E-state index contributed by atoms with van der Waals surface area (Å²) in [5.41, 5.74) is 4.10. The topological polar surface area (TPSA) is 17.8 Å². The van der Waals surface area contributed by atoms with Crippen molar-refractivity contribution in [3.63, 3.8) is 0 Å². The number of hydrogen-bond acceptors (Lipinski definition) is 1. The van der Waals surface area contributed by atoms with Crippen LogP contribution in [-0.2, 0) is 6.54 Å². The molecule has 0 atom stereocenters. The Morgan fingerprint density at radius 1 is 0.792 bits per heavy atom. The molecule has 1 heterocycles. The summed E-state index contributed by atoms with van der Waals surface area (Å²) in [4.78, 5) is 4.80. The van der Waals surface area contributed by atoms with Gasteiger partial charge in [-0.05, 0) is 17.7 Å². The van der Waals surface area contributed by atoms with Crippen LogP contribution in [0.4, 0.5) is 0 Å². The van der Waals surface area contributed by atoms with E-state index in [9.17, 15) is 0 Å². The van der Waals surface area contributed by atoms with Crippen molar-refractivity contribution in [3.05, 3.63) is 88.4 Å². The van der Waals surface area contributed by atoms with Gasteiger partial charge in [-0.3, -0.25) is 0 Å². The van der Waals surface area contributed by atoms with E-state index in [4.69, 9.17) is 28.2 Å². The van der Waals surface area contributed by atoms with Gasteiger partial charge in [-0.25, -0.2) is 4.98 Å². The van der Waals surface area contributed by atoms with Gasteiger partial charge in [-0.1, -0.05) is 83.9 Å². The molecule has 0 fully saturated rings. The summed E-state index contributed by atoms with van der Waals surface area (Å²) in [5, 5.41) is 1.06. The minimum Gasteiger partial charge on any atom is -0.319 e. The van der Waals surface area contributed by atoms with Gasteiger partial charge in [0.15, 0.2) is 0 Å². The van der Waals surface area contributed by atoms with Gasteiger partial charge in [0.05, 0.1) is 21.1 Å². The van der Waals surface area contributed by atoms with Crippen molar-refractivity contribution in [2.45, 2.75) is 6.54 Å². The number of rotatable bonds is 3. The maximum atomic E-state index is 6.24. The molecule has 0 saturated carbocycles. The highest BCUT2D eigenvalue weighted by Gasteiger charge is 2.14. The Bertz CT molecular complexity index is 993. The first-order valence-electron chi connectivity index (χ1n) is 7.67. The highest BCUT2D eigenvalue weighted by atomic mass is 35.5. The standard InChI is InChI=1S/C20H14Cl2N2/c21-16-11-18-19(12-17(16)22)24(13-14-7-3-1-4-8-14)20(23-18)15-9-5-2-6-10-15/h1-12H,13H2. The van der Waals surface area contributed by atoms with E-state index < -0.39 is 0 Å². The van der Waals surface area contributed by atoms with E-state index in [1.165, 1.54) is 5.56 Å². The van der Waals surface area contributed by atoms with Crippen LogP contribution in [0.2, 0.25) is 10.0 Å². The molecule has 1 aromatic heterocycles. The summed E-state index contributed by atoms with van der Waals surface area (Å²) in [6, 6.07) is 24.2. The first-order chi connectivity index (χ1) is 11.7. The molecular weight excluding hydrogens is 339 g/mol. The zero-order chi connectivity index (χ0) is 16.5. The highest BCUT2D eigenvalue weighted by molar-refractivity contribution is 6.42. The maximum Gasteiger partial charge on any atom is 0.141 e. The molecule has 0 spiro atoms. The SMILES string of the molecule is Clc1cc2nc(-c3ccccc3)n(Cc3ccccc3)c2cc1Cl. The number of hydrogen-bond donors (Lipinski definition) is 0. The quantitative estimate of drug-likeness (QED) is 0.438. The lowest BCUT2D eigenvalue weighted by atomic mass is 10.2. The third-order valence-corrected chi connectivity index (χ3v) is 4.73.